The Hall–Kier alpha value is -2.01. The third-order valence-electron chi connectivity index (χ3n) is 3.17. The number of aromatic nitrogens is 2. The lowest BCUT2D eigenvalue weighted by Gasteiger charge is -2.21. The molecule has 0 saturated carbocycles. The van der Waals surface area contributed by atoms with Crippen molar-refractivity contribution in [1.29, 1.82) is 0 Å². The summed E-state index contributed by atoms with van der Waals surface area (Å²) in [7, 11) is 0. The van der Waals surface area contributed by atoms with E-state index in [-0.39, 0.29) is 17.1 Å². The number of nitrogens with zero attached hydrogens (tertiary/aromatic N) is 2. The summed E-state index contributed by atoms with van der Waals surface area (Å²) in [6, 6.07) is 7.37. The monoisotopic (exact) mass is 275 g/mol. The molecule has 1 atom stereocenters. The number of carbonyl (C=O) groups excluding carboxylic acids is 2. The van der Waals surface area contributed by atoms with Crippen LogP contribution in [0.15, 0.2) is 24.3 Å². The Morgan fingerprint density at radius 1 is 1.21 bits per heavy atom. The quantitative estimate of drug-likeness (QED) is 0.636. The molecule has 1 aromatic heterocycles. The SMILES string of the molecule is O=C1CCC(c2nc(Cl)nc3ccccc23)C(=O)N1. The summed E-state index contributed by atoms with van der Waals surface area (Å²) in [5.74, 6) is -1.02. The van der Waals surface area contributed by atoms with Crippen LogP contribution in [0.2, 0.25) is 5.28 Å². The first kappa shape index (κ1) is 12.0. The number of piperidine rings is 1. The van der Waals surface area contributed by atoms with Crippen LogP contribution < -0.4 is 5.32 Å². The minimum atomic E-state index is -0.455. The van der Waals surface area contributed by atoms with Crippen LogP contribution in [0.5, 0.6) is 0 Å². The maximum atomic E-state index is 11.9. The molecule has 1 fully saturated rings. The van der Waals surface area contributed by atoms with Gasteiger partial charge in [-0.2, -0.15) is 0 Å². The number of benzene rings is 1. The largest absolute Gasteiger partial charge is 0.296 e. The van der Waals surface area contributed by atoms with Gasteiger partial charge in [0.2, 0.25) is 17.1 Å². The Bertz CT molecular complexity index is 687. The van der Waals surface area contributed by atoms with Crippen molar-refractivity contribution in [1.82, 2.24) is 15.3 Å². The summed E-state index contributed by atoms with van der Waals surface area (Å²) in [6.07, 6.45) is 0.758. The fourth-order valence-electron chi connectivity index (χ4n) is 2.29. The number of amides is 2. The lowest BCUT2D eigenvalue weighted by atomic mass is 9.92. The summed E-state index contributed by atoms with van der Waals surface area (Å²) >= 11 is 5.90. The van der Waals surface area contributed by atoms with Crippen LogP contribution in [0.4, 0.5) is 0 Å². The molecule has 5 nitrogen and oxygen atoms in total. The molecule has 1 aromatic carbocycles. The van der Waals surface area contributed by atoms with Crippen LogP contribution in [0.25, 0.3) is 10.9 Å². The second kappa shape index (κ2) is 4.59. The zero-order valence-electron chi connectivity index (χ0n) is 9.89. The number of rotatable bonds is 1. The van der Waals surface area contributed by atoms with Crippen molar-refractivity contribution in [3.63, 3.8) is 0 Å². The molecular formula is C13H10ClN3O2. The van der Waals surface area contributed by atoms with Crippen LogP contribution in [0.1, 0.15) is 24.5 Å². The summed E-state index contributed by atoms with van der Waals surface area (Å²) in [5.41, 5.74) is 1.28. The standard InChI is InChI=1S/C13H10ClN3O2/c14-13-15-9-4-2-1-3-7(9)11(17-13)8-5-6-10(18)16-12(8)19/h1-4,8H,5-6H2,(H,16,18,19). The maximum Gasteiger partial charge on any atom is 0.235 e. The highest BCUT2D eigenvalue weighted by Crippen LogP contribution is 2.29. The minimum absolute atomic E-state index is 0.110. The number of halogens is 1. The van der Waals surface area contributed by atoms with Crippen molar-refractivity contribution in [3.05, 3.63) is 35.2 Å². The van der Waals surface area contributed by atoms with Crippen molar-refractivity contribution >= 4 is 34.3 Å². The van der Waals surface area contributed by atoms with Crippen molar-refractivity contribution < 1.29 is 9.59 Å². The number of nitrogens with one attached hydrogen (secondary N) is 1. The molecule has 1 aliphatic heterocycles. The van der Waals surface area contributed by atoms with Gasteiger partial charge in [-0.1, -0.05) is 18.2 Å². The molecule has 0 radical (unpaired) electrons. The van der Waals surface area contributed by atoms with E-state index >= 15 is 0 Å². The topological polar surface area (TPSA) is 72.0 Å². The van der Waals surface area contributed by atoms with Crippen LogP contribution >= 0.6 is 11.6 Å². The predicted molar refractivity (Wildman–Crippen MR) is 69.7 cm³/mol. The highest BCUT2D eigenvalue weighted by Gasteiger charge is 2.30. The Labute approximate surface area is 114 Å². The zero-order valence-corrected chi connectivity index (χ0v) is 10.6. The Balaban J connectivity index is 2.14. The predicted octanol–water partition coefficient (Wildman–Crippen LogP) is 1.80. The molecule has 3 rings (SSSR count). The second-order valence-corrected chi connectivity index (χ2v) is 4.74. The van der Waals surface area contributed by atoms with Gasteiger partial charge in [0, 0.05) is 11.8 Å². The summed E-state index contributed by atoms with van der Waals surface area (Å²) in [6.45, 7) is 0. The number of para-hydroxylation sites is 1. The van der Waals surface area contributed by atoms with E-state index in [4.69, 9.17) is 11.6 Å². The number of fused-ring (bicyclic) bond motifs is 1. The smallest absolute Gasteiger partial charge is 0.235 e. The van der Waals surface area contributed by atoms with Crippen LogP contribution in [0, 0.1) is 0 Å². The molecule has 1 aliphatic rings. The van der Waals surface area contributed by atoms with Crippen LogP contribution in [-0.2, 0) is 9.59 Å². The van der Waals surface area contributed by atoms with Gasteiger partial charge in [0.15, 0.2) is 0 Å². The van der Waals surface area contributed by atoms with Gasteiger partial charge in [-0.05, 0) is 24.1 Å². The third-order valence-corrected chi connectivity index (χ3v) is 3.34. The summed E-state index contributed by atoms with van der Waals surface area (Å²) < 4.78 is 0. The first-order valence-corrected chi connectivity index (χ1v) is 6.29. The van der Waals surface area contributed by atoms with Gasteiger partial charge in [0.25, 0.3) is 0 Å². The molecule has 2 aromatic rings. The van der Waals surface area contributed by atoms with Crippen LogP contribution in [-0.4, -0.2) is 21.8 Å². The van der Waals surface area contributed by atoms with E-state index in [1.165, 1.54) is 0 Å². The Morgan fingerprint density at radius 2 is 2.00 bits per heavy atom. The summed E-state index contributed by atoms with van der Waals surface area (Å²) in [4.78, 5) is 31.4. The highest BCUT2D eigenvalue weighted by atomic mass is 35.5. The first-order chi connectivity index (χ1) is 9.15. The number of carbonyl (C=O) groups is 2. The molecule has 0 spiro atoms. The second-order valence-electron chi connectivity index (χ2n) is 4.40. The minimum Gasteiger partial charge on any atom is -0.296 e. The molecular weight excluding hydrogens is 266 g/mol. The molecule has 96 valence electrons. The zero-order chi connectivity index (χ0) is 13.4. The van der Waals surface area contributed by atoms with E-state index < -0.39 is 5.92 Å². The van der Waals surface area contributed by atoms with E-state index in [9.17, 15) is 9.59 Å². The van der Waals surface area contributed by atoms with Gasteiger partial charge in [0.1, 0.15) is 0 Å². The van der Waals surface area contributed by atoms with Gasteiger partial charge in [-0.3, -0.25) is 14.9 Å². The van der Waals surface area contributed by atoms with Gasteiger partial charge in [-0.15, -0.1) is 0 Å². The number of hydrogen-bond acceptors (Lipinski definition) is 4. The molecule has 0 aliphatic carbocycles. The van der Waals surface area contributed by atoms with Crippen molar-refractivity contribution in [2.45, 2.75) is 18.8 Å². The van der Waals surface area contributed by atoms with E-state index in [0.29, 0.717) is 24.1 Å². The maximum absolute atomic E-state index is 11.9. The molecule has 1 unspecified atom stereocenters. The van der Waals surface area contributed by atoms with E-state index in [1.54, 1.807) is 0 Å². The average Bonchev–Trinajstić information content (AvgIpc) is 2.38. The van der Waals surface area contributed by atoms with Crippen molar-refractivity contribution in [2.75, 3.05) is 0 Å². The lowest BCUT2D eigenvalue weighted by Crippen LogP contribution is -2.39. The van der Waals surface area contributed by atoms with Gasteiger partial charge < -0.3 is 0 Å². The molecule has 1 saturated heterocycles. The highest BCUT2D eigenvalue weighted by molar-refractivity contribution is 6.28. The molecule has 1 N–H and O–H groups in total. The van der Waals surface area contributed by atoms with Crippen molar-refractivity contribution in [2.24, 2.45) is 0 Å². The van der Waals surface area contributed by atoms with E-state index in [0.717, 1.165) is 5.39 Å². The van der Waals surface area contributed by atoms with Crippen molar-refractivity contribution in [3.8, 4) is 0 Å². The Kier molecular flexibility index (Phi) is 2.91. The van der Waals surface area contributed by atoms with Gasteiger partial charge in [-0.25, -0.2) is 9.97 Å². The molecule has 2 amide bonds. The van der Waals surface area contributed by atoms with Gasteiger partial charge >= 0.3 is 0 Å². The fraction of sp³-hybridized carbons (Fsp3) is 0.231. The van der Waals surface area contributed by atoms with E-state index in [1.807, 2.05) is 24.3 Å². The first-order valence-electron chi connectivity index (χ1n) is 5.91. The number of hydrogen-bond donors (Lipinski definition) is 1. The van der Waals surface area contributed by atoms with E-state index in [2.05, 4.69) is 15.3 Å². The molecule has 6 heteroatoms. The molecule has 2 heterocycles. The fourth-order valence-corrected chi connectivity index (χ4v) is 2.47. The normalized spacial score (nSPS) is 19.5. The number of imide groups is 1. The third kappa shape index (κ3) is 2.17. The van der Waals surface area contributed by atoms with Crippen LogP contribution in [0.3, 0.4) is 0 Å². The average molecular weight is 276 g/mol. The lowest BCUT2D eigenvalue weighted by molar-refractivity contribution is -0.134. The summed E-state index contributed by atoms with van der Waals surface area (Å²) in [5, 5.41) is 3.23. The molecule has 19 heavy (non-hydrogen) atoms. The van der Waals surface area contributed by atoms with Gasteiger partial charge in [0.05, 0.1) is 17.1 Å². The molecule has 0 bridgehead atoms. The Morgan fingerprint density at radius 3 is 2.79 bits per heavy atom.